The van der Waals surface area contributed by atoms with Crippen LogP contribution in [0.3, 0.4) is 0 Å². The van der Waals surface area contributed by atoms with Crippen LogP contribution in [0, 0.1) is 0 Å². The quantitative estimate of drug-likeness (QED) is 0.461. The number of nitrogens with zero attached hydrogens (tertiary/aromatic N) is 1. The third-order valence-electron chi connectivity index (χ3n) is 3.70. The van der Waals surface area contributed by atoms with Gasteiger partial charge in [0.1, 0.15) is 5.97 Å². The summed E-state index contributed by atoms with van der Waals surface area (Å²) in [6.07, 6.45) is 14.1. The summed E-state index contributed by atoms with van der Waals surface area (Å²) in [6, 6.07) is 5.06. The molecule has 0 fully saturated rings. The molecule has 1 atom stereocenters. The van der Waals surface area contributed by atoms with Crippen molar-refractivity contribution in [1.82, 2.24) is 0 Å². The van der Waals surface area contributed by atoms with E-state index in [9.17, 15) is 9.90 Å². The molecule has 0 aliphatic rings. The maximum Gasteiger partial charge on any atom is 0.197 e. The van der Waals surface area contributed by atoms with Crippen molar-refractivity contribution >= 4 is 5.97 Å². The van der Waals surface area contributed by atoms with Crippen LogP contribution in [0.2, 0.25) is 0 Å². The zero-order valence-electron chi connectivity index (χ0n) is 12.6. The average molecular weight is 277 g/mol. The number of unbranched alkanes of at least 4 members (excludes halogenated alkanes) is 7. The number of pyridine rings is 1. The molecule has 1 unspecified atom stereocenters. The minimum atomic E-state index is -0.982. The molecule has 0 saturated heterocycles. The number of hydrogen-bond acceptors (Lipinski definition) is 2. The molecule has 1 aromatic heterocycles. The smallest absolute Gasteiger partial charge is 0.197 e. The highest BCUT2D eigenvalue weighted by atomic mass is 16.4. The van der Waals surface area contributed by atoms with Crippen LogP contribution in [0.25, 0.3) is 0 Å². The molecular weight excluding hydrogens is 250 g/mol. The van der Waals surface area contributed by atoms with Crippen molar-refractivity contribution in [2.45, 2.75) is 70.8 Å². The van der Waals surface area contributed by atoms with Gasteiger partial charge < -0.3 is 9.90 Å². The van der Waals surface area contributed by atoms with Crippen LogP contribution >= 0.6 is 0 Å². The van der Waals surface area contributed by atoms with Gasteiger partial charge in [-0.2, -0.15) is 4.57 Å². The van der Waals surface area contributed by atoms with E-state index in [0.717, 1.165) is 12.8 Å². The molecule has 0 spiro atoms. The van der Waals surface area contributed by atoms with Crippen molar-refractivity contribution in [2.75, 3.05) is 0 Å². The fourth-order valence-electron chi connectivity index (χ4n) is 2.48. The van der Waals surface area contributed by atoms with Crippen molar-refractivity contribution in [3.05, 3.63) is 30.6 Å². The lowest BCUT2D eigenvalue weighted by Gasteiger charge is -2.13. The van der Waals surface area contributed by atoms with Gasteiger partial charge >= 0.3 is 0 Å². The number of aliphatic carboxylic acids is 1. The second kappa shape index (κ2) is 10.4. The second-order valence-electron chi connectivity index (χ2n) is 5.42. The van der Waals surface area contributed by atoms with E-state index in [4.69, 9.17) is 0 Å². The Kier molecular flexibility index (Phi) is 8.68. The van der Waals surface area contributed by atoms with E-state index in [0.29, 0.717) is 6.42 Å². The van der Waals surface area contributed by atoms with Gasteiger partial charge in [-0.25, -0.2) is 0 Å². The first kappa shape index (κ1) is 16.7. The van der Waals surface area contributed by atoms with Gasteiger partial charge in [-0.3, -0.25) is 0 Å². The number of carboxylic acids is 1. The minimum Gasteiger partial charge on any atom is -0.543 e. The summed E-state index contributed by atoms with van der Waals surface area (Å²) in [5.41, 5.74) is 0. The van der Waals surface area contributed by atoms with Crippen LogP contribution in [-0.4, -0.2) is 5.97 Å². The van der Waals surface area contributed by atoms with Gasteiger partial charge in [0.25, 0.3) is 0 Å². The van der Waals surface area contributed by atoms with Crippen molar-refractivity contribution in [3.63, 3.8) is 0 Å². The molecule has 1 aromatic rings. The number of carbonyl (C=O) groups excluding carboxylic acids is 1. The maximum atomic E-state index is 11.2. The molecule has 0 aliphatic carbocycles. The molecule has 112 valence electrons. The van der Waals surface area contributed by atoms with Crippen LogP contribution in [-0.2, 0) is 4.79 Å². The fourth-order valence-corrected chi connectivity index (χ4v) is 2.48. The number of carboxylic acid groups (broad SMARTS) is 1. The molecule has 0 saturated carbocycles. The van der Waals surface area contributed by atoms with Gasteiger partial charge in [0.2, 0.25) is 0 Å². The van der Waals surface area contributed by atoms with E-state index in [-0.39, 0.29) is 0 Å². The van der Waals surface area contributed by atoms with Crippen LogP contribution < -0.4 is 9.67 Å². The summed E-state index contributed by atoms with van der Waals surface area (Å²) >= 11 is 0. The zero-order valence-corrected chi connectivity index (χ0v) is 12.6. The van der Waals surface area contributed by atoms with Crippen molar-refractivity contribution in [1.29, 1.82) is 0 Å². The highest BCUT2D eigenvalue weighted by Gasteiger charge is 2.18. The Labute approximate surface area is 122 Å². The second-order valence-corrected chi connectivity index (χ2v) is 5.42. The van der Waals surface area contributed by atoms with Crippen LogP contribution in [0.4, 0.5) is 0 Å². The lowest BCUT2D eigenvalue weighted by atomic mass is 10.0. The molecule has 0 N–H and O–H groups in total. The molecule has 3 heteroatoms. The molecule has 0 bridgehead atoms. The lowest BCUT2D eigenvalue weighted by Crippen LogP contribution is -2.48. The van der Waals surface area contributed by atoms with Crippen LogP contribution in [0.1, 0.15) is 70.8 Å². The van der Waals surface area contributed by atoms with Gasteiger partial charge in [0.05, 0.1) is 0 Å². The summed E-state index contributed by atoms with van der Waals surface area (Å²) in [5.74, 6) is -0.982. The molecule has 0 radical (unpaired) electrons. The van der Waals surface area contributed by atoms with E-state index >= 15 is 0 Å². The van der Waals surface area contributed by atoms with Crippen molar-refractivity contribution in [2.24, 2.45) is 0 Å². The Morgan fingerprint density at radius 2 is 1.50 bits per heavy atom. The van der Waals surface area contributed by atoms with Crippen LogP contribution in [0.15, 0.2) is 30.6 Å². The summed E-state index contributed by atoms with van der Waals surface area (Å²) < 4.78 is 1.73. The third kappa shape index (κ3) is 6.69. The van der Waals surface area contributed by atoms with Crippen LogP contribution in [0.5, 0.6) is 0 Å². The van der Waals surface area contributed by atoms with Gasteiger partial charge in [0.15, 0.2) is 18.4 Å². The summed E-state index contributed by atoms with van der Waals surface area (Å²) in [5, 5.41) is 11.2. The molecule has 0 aromatic carbocycles. The van der Waals surface area contributed by atoms with Crippen molar-refractivity contribution in [3.8, 4) is 0 Å². The summed E-state index contributed by atoms with van der Waals surface area (Å²) in [7, 11) is 0. The summed E-state index contributed by atoms with van der Waals surface area (Å²) in [4.78, 5) is 11.2. The standard InChI is InChI=1S/C17H27NO2/c1-2-3-4-5-6-7-8-10-13-16(17(19)20)18-14-11-9-12-15-18/h9,11-12,14-16H,2-8,10,13H2,1H3. The molecule has 0 amide bonds. The van der Waals surface area contributed by atoms with E-state index in [1.165, 1.54) is 38.5 Å². The Bertz CT molecular complexity index is 365. The predicted octanol–water partition coefficient (Wildman–Crippen LogP) is 2.80. The van der Waals surface area contributed by atoms with E-state index < -0.39 is 12.0 Å². The number of carbonyl (C=O) groups is 1. The minimum absolute atomic E-state index is 0.531. The summed E-state index contributed by atoms with van der Waals surface area (Å²) in [6.45, 7) is 2.22. The van der Waals surface area contributed by atoms with E-state index in [1.54, 1.807) is 17.0 Å². The van der Waals surface area contributed by atoms with Gasteiger partial charge in [-0.1, -0.05) is 57.9 Å². The maximum absolute atomic E-state index is 11.2. The number of hydrogen-bond donors (Lipinski definition) is 0. The first-order chi connectivity index (χ1) is 9.75. The fraction of sp³-hybridized carbons (Fsp3) is 0.647. The third-order valence-corrected chi connectivity index (χ3v) is 3.70. The van der Waals surface area contributed by atoms with E-state index in [2.05, 4.69) is 6.92 Å². The first-order valence-corrected chi connectivity index (χ1v) is 7.92. The Hall–Kier alpha value is -1.38. The molecule has 3 nitrogen and oxygen atoms in total. The largest absolute Gasteiger partial charge is 0.543 e. The predicted molar refractivity (Wildman–Crippen MR) is 77.9 cm³/mol. The van der Waals surface area contributed by atoms with Crippen molar-refractivity contribution < 1.29 is 14.5 Å². The van der Waals surface area contributed by atoms with E-state index in [1.807, 2.05) is 18.2 Å². The van der Waals surface area contributed by atoms with Gasteiger partial charge in [0, 0.05) is 18.6 Å². The highest BCUT2D eigenvalue weighted by Crippen LogP contribution is 2.13. The lowest BCUT2D eigenvalue weighted by molar-refractivity contribution is -0.716. The zero-order chi connectivity index (χ0) is 14.6. The Morgan fingerprint density at radius 3 is 2.05 bits per heavy atom. The number of aromatic nitrogens is 1. The average Bonchev–Trinajstić information content (AvgIpc) is 2.46. The molecule has 1 heterocycles. The molecule has 1 rings (SSSR count). The highest BCUT2D eigenvalue weighted by molar-refractivity contribution is 5.67. The molecule has 0 aliphatic heterocycles. The monoisotopic (exact) mass is 277 g/mol. The Balaban J connectivity index is 2.19. The Morgan fingerprint density at radius 1 is 0.950 bits per heavy atom. The van der Waals surface area contributed by atoms with Gasteiger partial charge in [-0.15, -0.1) is 0 Å². The molecule has 20 heavy (non-hydrogen) atoms. The SMILES string of the molecule is CCCCCCCCCCC(C(=O)[O-])[n+]1ccccc1. The molecular formula is C17H27NO2. The first-order valence-electron chi connectivity index (χ1n) is 7.92. The topological polar surface area (TPSA) is 44.0 Å². The normalized spacial score (nSPS) is 12.2. The number of rotatable bonds is 11. The van der Waals surface area contributed by atoms with Gasteiger partial charge in [-0.05, 0) is 6.42 Å².